The Morgan fingerprint density at radius 1 is 1.25 bits per heavy atom. The number of thiophene rings is 1. The summed E-state index contributed by atoms with van der Waals surface area (Å²) in [6.45, 7) is 2.50. The van der Waals surface area contributed by atoms with Crippen molar-refractivity contribution in [2.75, 3.05) is 32.7 Å². The van der Waals surface area contributed by atoms with Gasteiger partial charge in [0.25, 0.3) is 5.91 Å². The Balaban J connectivity index is 1.55. The van der Waals surface area contributed by atoms with Crippen molar-refractivity contribution in [2.24, 2.45) is 0 Å². The molecule has 2 aliphatic heterocycles. The number of rotatable bonds is 2. The molecular formula is C16H22N4O3S. The summed E-state index contributed by atoms with van der Waals surface area (Å²) in [6.07, 6.45) is 2.47. The van der Waals surface area contributed by atoms with E-state index in [-0.39, 0.29) is 30.4 Å². The number of hydrogen-bond donors (Lipinski definition) is 2. The summed E-state index contributed by atoms with van der Waals surface area (Å²) in [7, 11) is 0. The maximum Gasteiger partial charge on any atom is 0.318 e. The number of hydrogen-bond acceptors (Lipinski definition) is 4. The van der Waals surface area contributed by atoms with Crippen LogP contribution >= 0.6 is 11.3 Å². The molecule has 1 atom stereocenters. The molecule has 2 saturated heterocycles. The first kappa shape index (κ1) is 16.8. The van der Waals surface area contributed by atoms with Gasteiger partial charge in [0, 0.05) is 32.2 Å². The number of amides is 4. The lowest BCUT2D eigenvalue weighted by molar-refractivity contribution is -0.121. The second kappa shape index (κ2) is 7.65. The Morgan fingerprint density at radius 3 is 2.88 bits per heavy atom. The Bertz CT molecular complexity index is 604. The molecule has 2 N–H and O–H groups in total. The molecule has 7 nitrogen and oxygen atoms in total. The lowest BCUT2D eigenvalue weighted by Gasteiger charge is -2.34. The van der Waals surface area contributed by atoms with Crippen molar-refractivity contribution in [3.63, 3.8) is 0 Å². The summed E-state index contributed by atoms with van der Waals surface area (Å²) in [4.78, 5) is 40.5. The summed E-state index contributed by atoms with van der Waals surface area (Å²) in [6, 6.07) is 3.40. The molecule has 1 aromatic heterocycles. The van der Waals surface area contributed by atoms with Gasteiger partial charge in [0.1, 0.15) is 6.54 Å². The molecule has 1 aromatic rings. The average Bonchev–Trinajstić information content (AvgIpc) is 3.03. The van der Waals surface area contributed by atoms with Crippen molar-refractivity contribution in [1.82, 2.24) is 20.4 Å². The fourth-order valence-corrected chi connectivity index (χ4v) is 3.77. The van der Waals surface area contributed by atoms with E-state index in [1.807, 2.05) is 17.5 Å². The second-order valence-electron chi connectivity index (χ2n) is 6.14. The van der Waals surface area contributed by atoms with E-state index in [9.17, 15) is 14.4 Å². The monoisotopic (exact) mass is 350 g/mol. The lowest BCUT2D eigenvalue weighted by atomic mass is 10.1. The third kappa shape index (κ3) is 4.05. The van der Waals surface area contributed by atoms with Crippen LogP contribution in [0, 0.1) is 0 Å². The highest BCUT2D eigenvalue weighted by Crippen LogP contribution is 2.17. The first-order valence-electron chi connectivity index (χ1n) is 8.28. The highest BCUT2D eigenvalue weighted by atomic mass is 32.1. The molecule has 24 heavy (non-hydrogen) atoms. The summed E-state index contributed by atoms with van der Waals surface area (Å²) in [5.41, 5.74) is 0. The molecular weight excluding hydrogens is 328 g/mol. The smallest absolute Gasteiger partial charge is 0.318 e. The van der Waals surface area contributed by atoms with Gasteiger partial charge in [-0.2, -0.15) is 0 Å². The summed E-state index contributed by atoms with van der Waals surface area (Å²) < 4.78 is 0. The summed E-state index contributed by atoms with van der Waals surface area (Å²) >= 11 is 1.43. The number of piperidine rings is 1. The average molecular weight is 350 g/mol. The molecule has 2 aliphatic rings. The van der Waals surface area contributed by atoms with E-state index in [1.165, 1.54) is 11.3 Å². The molecule has 0 aromatic carbocycles. The topological polar surface area (TPSA) is 81.8 Å². The second-order valence-corrected chi connectivity index (χ2v) is 7.09. The lowest BCUT2D eigenvalue weighted by Crippen LogP contribution is -2.53. The first-order chi connectivity index (χ1) is 11.6. The van der Waals surface area contributed by atoms with Gasteiger partial charge in [0.15, 0.2) is 0 Å². The van der Waals surface area contributed by atoms with E-state index in [1.54, 1.807) is 9.80 Å². The van der Waals surface area contributed by atoms with Gasteiger partial charge in [-0.1, -0.05) is 6.07 Å². The van der Waals surface area contributed by atoms with Gasteiger partial charge in [-0.15, -0.1) is 11.3 Å². The zero-order chi connectivity index (χ0) is 16.9. The van der Waals surface area contributed by atoms with Gasteiger partial charge < -0.3 is 20.4 Å². The number of carbonyl (C=O) groups excluding carboxylic acids is 3. The van der Waals surface area contributed by atoms with Gasteiger partial charge in [0.2, 0.25) is 5.91 Å². The van der Waals surface area contributed by atoms with Crippen molar-refractivity contribution in [3.8, 4) is 0 Å². The van der Waals surface area contributed by atoms with Crippen LogP contribution in [-0.4, -0.2) is 66.4 Å². The Morgan fingerprint density at radius 2 is 2.08 bits per heavy atom. The van der Waals surface area contributed by atoms with Crippen LogP contribution in [0.3, 0.4) is 0 Å². The molecule has 2 fully saturated rings. The van der Waals surface area contributed by atoms with Gasteiger partial charge in [-0.25, -0.2) is 4.79 Å². The number of urea groups is 1. The highest BCUT2D eigenvalue weighted by Gasteiger charge is 2.28. The largest absolute Gasteiger partial charge is 0.354 e. The third-order valence-corrected chi connectivity index (χ3v) is 5.17. The van der Waals surface area contributed by atoms with Crippen LogP contribution in [0.5, 0.6) is 0 Å². The van der Waals surface area contributed by atoms with Gasteiger partial charge in [-0.3, -0.25) is 9.59 Å². The molecule has 3 heterocycles. The minimum Gasteiger partial charge on any atom is -0.354 e. The zero-order valence-corrected chi connectivity index (χ0v) is 14.3. The quantitative estimate of drug-likeness (QED) is 0.831. The molecule has 0 radical (unpaired) electrons. The van der Waals surface area contributed by atoms with E-state index in [2.05, 4.69) is 10.6 Å². The van der Waals surface area contributed by atoms with Gasteiger partial charge >= 0.3 is 6.03 Å². The van der Waals surface area contributed by atoms with Gasteiger partial charge in [0.05, 0.1) is 4.88 Å². The van der Waals surface area contributed by atoms with E-state index in [0.717, 1.165) is 30.7 Å². The van der Waals surface area contributed by atoms with Gasteiger partial charge in [-0.05, 0) is 30.7 Å². The highest BCUT2D eigenvalue weighted by molar-refractivity contribution is 7.12. The number of likely N-dealkylation sites (tertiary alicyclic amines) is 1. The predicted molar refractivity (Wildman–Crippen MR) is 91.0 cm³/mol. The minimum atomic E-state index is -0.220. The SMILES string of the molecule is O=C1CN(C(=O)NC2CCCN(C(=O)c3cccs3)C2)CCCN1. The maximum absolute atomic E-state index is 12.4. The molecule has 0 bridgehead atoms. The van der Waals surface area contributed by atoms with Crippen LogP contribution in [0.25, 0.3) is 0 Å². The number of carbonyl (C=O) groups is 3. The van der Waals surface area contributed by atoms with Crippen molar-refractivity contribution >= 4 is 29.2 Å². The van der Waals surface area contributed by atoms with Crippen LogP contribution in [0.2, 0.25) is 0 Å². The van der Waals surface area contributed by atoms with Crippen LogP contribution in [0.1, 0.15) is 28.9 Å². The molecule has 3 rings (SSSR count). The molecule has 0 aliphatic carbocycles. The Hall–Kier alpha value is -2.09. The zero-order valence-electron chi connectivity index (χ0n) is 13.5. The van der Waals surface area contributed by atoms with Crippen molar-refractivity contribution < 1.29 is 14.4 Å². The third-order valence-electron chi connectivity index (χ3n) is 4.32. The van der Waals surface area contributed by atoms with Crippen LogP contribution in [0.15, 0.2) is 17.5 Å². The van der Waals surface area contributed by atoms with E-state index >= 15 is 0 Å². The standard InChI is InChI=1S/C16H22N4O3S/c21-14-11-20(8-3-6-17-14)16(23)18-12-4-1-7-19(10-12)15(22)13-5-2-9-24-13/h2,5,9,12H,1,3-4,6-8,10-11H2,(H,17,21)(H,18,23). The Kier molecular flexibility index (Phi) is 5.34. The normalized spacial score (nSPS) is 21.8. The van der Waals surface area contributed by atoms with E-state index in [4.69, 9.17) is 0 Å². The molecule has 1 unspecified atom stereocenters. The fraction of sp³-hybridized carbons (Fsp3) is 0.562. The van der Waals surface area contributed by atoms with Crippen molar-refractivity contribution in [3.05, 3.63) is 22.4 Å². The van der Waals surface area contributed by atoms with Crippen LogP contribution < -0.4 is 10.6 Å². The maximum atomic E-state index is 12.4. The fourth-order valence-electron chi connectivity index (χ4n) is 3.08. The molecule has 0 spiro atoms. The predicted octanol–water partition coefficient (Wildman–Crippen LogP) is 0.884. The number of nitrogens with zero attached hydrogens (tertiary/aromatic N) is 2. The molecule has 0 saturated carbocycles. The van der Waals surface area contributed by atoms with Crippen molar-refractivity contribution in [2.45, 2.75) is 25.3 Å². The molecule has 130 valence electrons. The number of nitrogens with one attached hydrogen (secondary N) is 2. The van der Waals surface area contributed by atoms with Crippen LogP contribution in [-0.2, 0) is 4.79 Å². The molecule has 4 amide bonds. The summed E-state index contributed by atoms with van der Waals surface area (Å²) in [5, 5.41) is 7.63. The van der Waals surface area contributed by atoms with E-state index in [0.29, 0.717) is 19.6 Å². The van der Waals surface area contributed by atoms with E-state index < -0.39 is 0 Å². The Labute approximate surface area is 145 Å². The molecule has 8 heteroatoms. The minimum absolute atomic E-state index is 0.0260. The summed E-state index contributed by atoms with van der Waals surface area (Å²) in [5.74, 6) is -0.0982. The first-order valence-corrected chi connectivity index (χ1v) is 9.16. The van der Waals surface area contributed by atoms with Crippen LogP contribution in [0.4, 0.5) is 4.79 Å². The van der Waals surface area contributed by atoms with Crippen molar-refractivity contribution in [1.29, 1.82) is 0 Å².